The molecule has 0 spiro atoms. The molecule has 2 aromatic heterocycles. The van der Waals surface area contributed by atoms with Gasteiger partial charge in [-0.2, -0.15) is 0 Å². The van der Waals surface area contributed by atoms with Gasteiger partial charge in [0.2, 0.25) is 0 Å². The van der Waals surface area contributed by atoms with E-state index in [4.69, 9.17) is 11.6 Å². The molecule has 0 unspecified atom stereocenters. The summed E-state index contributed by atoms with van der Waals surface area (Å²) in [4.78, 5) is 8.61. The van der Waals surface area contributed by atoms with E-state index in [9.17, 15) is 0 Å². The Morgan fingerprint density at radius 3 is 2.00 bits per heavy atom. The zero-order valence-electron chi connectivity index (χ0n) is 17.3. The third-order valence-electron chi connectivity index (χ3n) is 6.15. The summed E-state index contributed by atoms with van der Waals surface area (Å²) in [6.07, 6.45) is 1.82. The molecule has 0 fully saturated rings. The van der Waals surface area contributed by atoms with E-state index < -0.39 is 0 Å². The maximum Gasteiger partial charge on any atom is 0.328 e. The van der Waals surface area contributed by atoms with Crippen LogP contribution < -0.4 is 10.9 Å². The van der Waals surface area contributed by atoms with E-state index in [1.807, 2.05) is 24.4 Å². The number of fused-ring (bicyclic) bond motifs is 5. The van der Waals surface area contributed by atoms with Crippen LogP contribution in [0, 0.1) is 6.57 Å². The molecule has 0 aliphatic heterocycles. The van der Waals surface area contributed by atoms with Crippen LogP contribution in [-0.4, -0.2) is 16.3 Å². The van der Waals surface area contributed by atoms with Gasteiger partial charge >= 0.3 is 6.85 Å². The third kappa shape index (κ3) is 2.72. The molecular formula is C28H18BN3. The molecular weight excluding hydrogens is 389 g/mol. The molecule has 0 atom stereocenters. The summed E-state index contributed by atoms with van der Waals surface area (Å²) in [5, 5.41) is 3.09. The van der Waals surface area contributed by atoms with E-state index in [0.717, 1.165) is 32.7 Å². The van der Waals surface area contributed by atoms with Crippen molar-refractivity contribution in [1.82, 2.24) is 9.46 Å². The van der Waals surface area contributed by atoms with Crippen LogP contribution >= 0.6 is 0 Å². The van der Waals surface area contributed by atoms with E-state index in [1.165, 1.54) is 10.9 Å². The normalized spacial score (nSPS) is 11.1. The highest BCUT2D eigenvalue weighted by Gasteiger charge is 2.27. The second-order valence-corrected chi connectivity index (χ2v) is 7.91. The van der Waals surface area contributed by atoms with Gasteiger partial charge in [0, 0.05) is 22.5 Å². The van der Waals surface area contributed by atoms with Gasteiger partial charge in [0.1, 0.15) is 0 Å². The lowest BCUT2D eigenvalue weighted by atomic mass is 9.50. The minimum atomic E-state index is -0.0243. The van der Waals surface area contributed by atoms with Crippen molar-refractivity contribution in [2.24, 2.45) is 0 Å². The Bertz CT molecular complexity index is 1590. The first-order chi connectivity index (χ1) is 15.9. The molecule has 4 heteroatoms. The highest BCUT2D eigenvalue weighted by atomic mass is 14.9. The molecule has 32 heavy (non-hydrogen) atoms. The van der Waals surface area contributed by atoms with Crippen molar-refractivity contribution >= 4 is 56.2 Å². The predicted octanol–water partition coefficient (Wildman–Crippen LogP) is 5.55. The first kappa shape index (κ1) is 18.4. The average molecular weight is 407 g/mol. The van der Waals surface area contributed by atoms with Crippen LogP contribution in [0.4, 0.5) is 5.69 Å². The fourth-order valence-electron chi connectivity index (χ4n) is 4.81. The van der Waals surface area contributed by atoms with Gasteiger partial charge in [0.25, 0.3) is 0 Å². The monoisotopic (exact) mass is 407 g/mol. The summed E-state index contributed by atoms with van der Waals surface area (Å²) < 4.78 is 2.40. The van der Waals surface area contributed by atoms with E-state index in [2.05, 4.69) is 94.3 Å². The number of hydrogen-bond donors (Lipinski definition) is 0. The summed E-state index contributed by atoms with van der Waals surface area (Å²) in [7, 11) is 0. The van der Waals surface area contributed by atoms with Gasteiger partial charge in [-0.05, 0) is 23.6 Å². The maximum absolute atomic E-state index is 7.76. The van der Waals surface area contributed by atoms with Crippen LogP contribution in [0.25, 0.3) is 37.6 Å². The van der Waals surface area contributed by atoms with Gasteiger partial charge in [0.15, 0.2) is 5.69 Å². The lowest BCUT2D eigenvalue weighted by Crippen LogP contribution is -2.48. The van der Waals surface area contributed by atoms with E-state index in [-0.39, 0.29) is 6.85 Å². The average Bonchev–Trinajstić information content (AvgIpc) is 3.19. The molecule has 6 rings (SSSR count). The molecule has 0 amide bonds. The number of hydrogen-bond acceptors (Lipinski definition) is 1. The number of nitrogens with zero attached hydrogens (tertiary/aromatic N) is 3. The zero-order valence-corrected chi connectivity index (χ0v) is 17.3. The molecule has 0 radical (unpaired) electrons. The lowest BCUT2D eigenvalue weighted by molar-refractivity contribution is 1.33. The Balaban J connectivity index is 1.84. The van der Waals surface area contributed by atoms with E-state index in [0.29, 0.717) is 5.69 Å². The summed E-state index contributed by atoms with van der Waals surface area (Å²) in [5.41, 5.74) is 6.11. The zero-order chi connectivity index (χ0) is 21.5. The van der Waals surface area contributed by atoms with Gasteiger partial charge in [0.05, 0.1) is 17.6 Å². The van der Waals surface area contributed by atoms with Crippen molar-refractivity contribution in [3.05, 3.63) is 121 Å². The second-order valence-electron chi connectivity index (χ2n) is 7.91. The Labute approximate surface area is 186 Å². The number of rotatable bonds is 3. The third-order valence-corrected chi connectivity index (χ3v) is 6.15. The summed E-state index contributed by atoms with van der Waals surface area (Å²) in [6, 6.07) is 35.6. The minimum absolute atomic E-state index is 0.0243. The van der Waals surface area contributed by atoms with Crippen LogP contribution in [-0.2, 0) is 0 Å². The minimum Gasteiger partial charge on any atom is -0.374 e. The first-order valence-corrected chi connectivity index (χ1v) is 10.6. The first-order valence-electron chi connectivity index (χ1n) is 10.6. The number of para-hydroxylation sites is 1. The Hall–Kier alpha value is -4.36. The molecule has 0 aliphatic rings. The van der Waals surface area contributed by atoms with Gasteiger partial charge in [-0.25, -0.2) is 4.85 Å². The van der Waals surface area contributed by atoms with Crippen LogP contribution in [0.3, 0.4) is 0 Å². The molecule has 0 N–H and O–H groups in total. The SMILES string of the molecule is [C-]#[N+]c1cc2c3ccccc3n(B(c3ccccc3)c3ccccc3)c2c2ncccc12. The summed E-state index contributed by atoms with van der Waals surface area (Å²) >= 11 is 0. The van der Waals surface area contributed by atoms with Crippen molar-refractivity contribution in [3.8, 4) is 0 Å². The van der Waals surface area contributed by atoms with Crippen molar-refractivity contribution in [1.29, 1.82) is 0 Å². The van der Waals surface area contributed by atoms with Gasteiger partial charge in [-0.3, -0.25) is 4.98 Å². The van der Waals surface area contributed by atoms with Crippen LogP contribution in [0.2, 0.25) is 0 Å². The maximum atomic E-state index is 7.76. The van der Waals surface area contributed by atoms with E-state index in [1.54, 1.807) is 0 Å². The topological polar surface area (TPSA) is 22.2 Å². The standard InChI is InChI=1S/C28H18BN3/c1-30-25-19-24-22-15-8-9-17-26(22)32(28(24)27-23(25)16-10-18-31-27)29(20-11-4-2-5-12-20)21-13-6-3-7-14-21/h2-19H. The van der Waals surface area contributed by atoms with Crippen molar-refractivity contribution < 1.29 is 0 Å². The summed E-state index contributed by atoms with van der Waals surface area (Å²) in [5.74, 6) is 0. The Kier molecular flexibility index (Phi) is 4.26. The quantitative estimate of drug-likeness (QED) is 0.279. The fourth-order valence-corrected chi connectivity index (χ4v) is 4.81. The van der Waals surface area contributed by atoms with Crippen LogP contribution in [0.5, 0.6) is 0 Å². The van der Waals surface area contributed by atoms with Crippen molar-refractivity contribution in [3.63, 3.8) is 0 Å². The number of benzene rings is 4. The smallest absolute Gasteiger partial charge is 0.328 e. The molecule has 6 aromatic rings. The second kappa shape index (κ2) is 7.41. The van der Waals surface area contributed by atoms with Crippen molar-refractivity contribution in [2.75, 3.05) is 0 Å². The molecule has 3 nitrogen and oxygen atoms in total. The fraction of sp³-hybridized carbons (Fsp3) is 0. The van der Waals surface area contributed by atoms with Crippen molar-refractivity contribution in [2.45, 2.75) is 0 Å². The van der Waals surface area contributed by atoms with Crippen LogP contribution in [0.1, 0.15) is 0 Å². The number of pyridine rings is 1. The molecule has 0 saturated heterocycles. The molecule has 4 aromatic carbocycles. The number of aromatic nitrogens is 2. The molecule has 0 bridgehead atoms. The molecule has 148 valence electrons. The molecule has 0 saturated carbocycles. The molecule has 2 heterocycles. The Morgan fingerprint density at radius 1 is 0.688 bits per heavy atom. The molecule has 0 aliphatic carbocycles. The lowest BCUT2D eigenvalue weighted by Gasteiger charge is -2.20. The largest absolute Gasteiger partial charge is 0.374 e. The van der Waals surface area contributed by atoms with Gasteiger partial charge < -0.3 is 4.48 Å². The Morgan fingerprint density at radius 2 is 1.31 bits per heavy atom. The summed E-state index contributed by atoms with van der Waals surface area (Å²) in [6.45, 7) is 7.74. The highest BCUT2D eigenvalue weighted by Crippen LogP contribution is 2.38. The van der Waals surface area contributed by atoms with E-state index >= 15 is 0 Å². The van der Waals surface area contributed by atoms with Crippen LogP contribution in [0.15, 0.2) is 109 Å². The van der Waals surface area contributed by atoms with Gasteiger partial charge in [-0.15, -0.1) is 0 Å². The predicted molar refractivity (Wildman–Crippen MR) is 134 cm³/mol. The van der Waals surface area contributed by atoms with Gasteiger partial charge in [-0.1, -0.05) is 95.9 Å². The highest BCUT2D eigenvalue weighted by molar-refractivity contribution is 6.85.